The molecule has 0 unspecified atom stereocenters. The molecule has 6 heteroatoms. The van der Waals surface area contributed by atoms with Crippen LogP contribution in [0.4, 0.5) is 0 Å². The van der Waals surface area contributed by atoms with Crippen LogP contribution < -0.4 is 4.74 Å². The number of ether oxygens (including phenoxy) is 1. The molecule has 23 heavy (non-hydrogen) atoms. The van der Waals surface area contributed by atoms with Gasteiger partial charge < -0.3 is 4.74 Å². The molecule has 1 aromatic heterocycles. The van der Waals surface area contributed by atoms with Crippen molar-refractivity contribution in [1.82, 2.24) is 9.29 Å². The minimum Gasteiger partial charge on any atom is -0.486 e. The van der Waals surface area contributed by atoms with Gasteiger partial charge in [-0.2, -0.15) is 4.31 Å². The maximum Gasteiger partial charge on any atom is 0.243 e. The number of benzene rings is 1. The van der Waals surface area contributed by atoms with Crippen LogP contribution in [0.3, 0.4) is 0 Å². The molecule has 2 aromatic rings. The van der Waals surface area contributed by atoms with Gasteiger partial charge in [-0.05, 0) is 36.2 Å². The Labute approximate surface area is 137 Å². The number of sulfonamides is 1. The van der Waals surface area contributed by atoms with Crippen molar-refractivity contribution in [2.24, 2.45) is 0 Å². The van der Waals surface area contributed by atoms with Crippen molar-refractivity contribution in [3.63, 3.8) is 0 Å². The van der Waals surface area contributed by atoms with E-state index in [1.54, 1.807) is 30.6 Å². The van der Waals surface area contributed by atoms with Crippen LogP contribution in [-0.4, -0.2) is 36.9 Å². The molecule has 1 aliphatic heterocycles. The summed E-state index contributed by atoms with van der Waals surface area (Å²) in [6.45, 7) is 2.84. The number of rotatable bonds is 6. The first-order valence-corrected chi connectivity index (χ1v) is 9.19. The van der Waals surface area contributed by atoms with Crippen LogP contribution in [0, 0.1) is 0 Å². The van der Waals surface area contributed by atoms with Crippen LogP contribution in [0.25, 0.3) is 0 Å². The second-order valence-electron chi connectivity index (χ2n) is 5.64. The monoisotopic (exact) mass is 332 g/mol. The highest BCUT2D eigenvalue weighted by atomic mass is 32.2. The Hall–Kier alpha value is -1.92. The fraction of sp³-hybridized carbons (Fsp3) is 0.353. The molecule has 1 aliphatic rings. The minimum atomic E-state index is -3.42. The summed E-state index contributed by atoms with van der Waals surface area (Å²) >= 11 is 0. The Morgan fingerprint density at radius 1 is 1.22 bits per heavy atom. The minimum absolute atomic E-state index is 0.117. The van der Waals surface area contributed by atoms with Gasteiger partial charge in [0.15, 0.2) is 0 Å². The van der Waals surface area contributed by atoms with Crippen LogP contribution in [-0.2, 0) is 16.4 Å². The summed E-state index contributed by atoms with van der Waals surface area (Å²) in [7, 11) is -3.42. The average Bonchev–Trinajstić information content (AvgIpc) is 2.52. The van der Waals surface area contributed by atoms with E-state index in [-0.39, 0.29) is 6.10 Å². The van der Waals surface area contributed by atoms with Gasteiger partial charge in [-0.25, -0.2) is 8.42 Å². The maximum absolute atomic E-state index is 12.5. The molecule has 1 saturated heterocycles. The molecule has 0 bridgehead atoms. The lowest BCUT2D eigenvalue weighted by Crippen LogP contribution is -2.55. The molecule has 1 fully saturated rings. The predicted molar refractivity (Wildman–Crippen MR) is 87.8 cm³/mol. The highest BCUT2D eigenvalue weighted by Gasteiger charge is 2.38. The number of hydrogen-bond acceptors (Lipinski definition) is 4. The number of pyridine rings is 1. The standard InChI is InChI=1S/C17H20N2O3S/c1-2-4-14-6-8-17(9-7-14)23(20,21)19-12-16(13-19)22-15-5-3-10-18-11-15/h3,5-11,16H,2,4,12-13H2,1H3. The van der Waals surface area contributed by atoms with Crippen molar-refractivity contribution in [2.45, 2.75) is 30.8 Å². The fourth-order valence-electron chi connectivity index (χ4n) is 2.55. The number of aromatic nitrogens is 1. The van der Waals surface area contributed by atoms with Crippen molar-refractivity contribution in [3.05, 3.63) is 54.4 Å². The molecule has 5 nitrogen and oxygen atoms in total. The third kappa shape index (κ3) is 3.54. The van der Waals surface area contributed by atoms with Crippen LogP contribution in [0.1, 0.15) is 18.9 Å². The van der Waals surface area contributed by atoms with Crippen molar-refractivity contribution >= 4 is 10.0 Å². The van der Waals surface area contributed by atoms with Crippen LogP contribution >= 0.6 is 0 Å². The third-order valence-electron chi connectivity index (χ3n) is 3.85. The zero-order chi connectivity index (χ0) is 16.3. The molecule has 0 saturated carbocycles. The van der Waals surface area contributed by atoms with Gasteiger partial charge in [-0.15, -0.1) is 0 Å². The van der Waals surface area contributed by atoms with Crippen molar-refractivity contribution in [1.29, 1.82) is 0 Å². The zero-order valence-electron chi connectivity index (χ0n) is 13.1. The molecule has 0 spiro atoms. The molecule has 0 aliphatic carbocycles. The van der Waals surface area contributed by atoms with E-state index in [9.17, 15) is 8.42 Å². The Kier molecular flexibility index (Phi) is 4.63. The second kappa shape index (κ2) is 6.68. The van der Waals surface area contributed by atoms with Gasteiger partial charge in [0, 0.05) is 6.20 Å². The summed E-state index contributed by atoms with van der Waals surface area (Å²) in [5.41, 5.74) is 1.16. The lowest BCUT2D eigenvalue weighted by Gasteiger charge is -2.37. The average molecular weight is 332 g/mol. The summed E-state index contributed by atoms with van der Waals surface area (Å²) < 4.78 is 32.2. The number of nitrogens with zero attached hydrogens (tertiary/aromatic N) is 2. The summed E-state index contributed by atoms with van der Waals surface area (Å²) in [6, 6.07) is 10.8. The molecule has 0 N–H and O–H groups in total. The predicted octanol–water partition coefficient (Wildman–Crippen LogP) is 2.49. The number of hydrogen-bond donors (Lipinski definition) is 0. The third-order valence-corrected chi connectivity index (χ3v) is 5.70. The van der Waals surface area contributed by atoms with E-state index in [0.29, 0.717) is 23.7 Å². The Morgan fingerprint density at radius 2 is 1.96 bits per heavy atom. The molecule has 1 aromatic carbocycles. The molecular formula is C17H20N2O3S. The second-order valence-corrected chi connectivity index (χ2v) is 7.58. The topological polar surface area (TPSA) is 59.5 Å². The van der Waals surface area contributed by atoms with Gasteiger partial charge in [-0.3, -0.25) is 4.98 Å². The Balaban J connectivity index is 1.61. The lowest BCUT2D eigenvalue weighted by molar-refractivity contribution is 0.0759. The Morgan fingerprint density at radius 3 is 2.57 bits per heavy atom. The smallest absolute Gasteiger partial charge is 0.243 e. The summed E-state index contributed by atoms with van der Waals surface area (Å²) in [6.07, 6.45) is 5.20. The number of aryl methyl sites for hydroxylation is 1. The maximum atomic E-state index is 12.5. The first-order chi connectivity index (χ1) is 11.1. The fourth-order valence-corrected chi connectivity index (χ4v) is 4.05. The van der Waals surface area contributed by atoms with E-state index in [1.807, 2.05) is 18.2 Å². The van der Waals surface area contributed by atoms with Crippen LogP contribution in [0.15, 0.2) is 53.7 Å². The van der Waals surface area contributed by atoms with Crippen LogP contribution in [0.5, 0.6) is 5.75 Å². The molecule has 3 rings (SSSR count). The van der Waals surface area contributed by atoms with Crippen molar-refractivity contribution < 1.29 is 13.2 Å². The summed E-state index contributed by atoms with van der Waals surface area (Å²) in [5.74, 6) is 0.665. The normalized spacial score (nSPS) is 16.0. The molecular weight excluding hydrogens is 312 g/mol. The van der Waals surface area contributed by atoms with Gasteiger partial charge in [0.2, 0.25) is 10.0 Å². The highest BCUT2D eigenvalue weighted by Crippen LogP contribution is 2.24. The van der Waals surface area contributed by atoms with Crippen molar-refractivity contribution in [3.8, 4) is 5.75 Å². The molecule has 2 heterocycles. The SMILES string of the molecule is CCCc1ccc(S(=O)(=O)N2CC(Oc3cccnc3)C2)cc1. The van der Waals surface area contributed by atoms with Crippen molar-refractivity contribution in [2.75, 3.05) is 13.1 Å². The van der Waals surface area contributed by atoms with Gasteiger partial charge in [0.25, 0.3) is 0 Å². The molecule has 122 valence electrons. The zero-order valence-corrected chi connectivity index (χ0v) is 13.9. The lowest BCUT2D eigenvalue weighted by atomic mass is 10.1. The molecule has 0 amide bonds. The van der Waals surface area contributed by atoms with Gasteiger partial charge in [0.1, 0.15) is 11.9 Å². The van der Waals surface area contributed by atoms with Gasteiger partial charge in [-0.1, -0.05) is 25.5 Å². The molecule has 0 radical (unpaired) electrons. The Bertz CT molecular complexity index is 739. The highest BCUT2D eigenvalue weighted by molar-refractivity contribution is 7.89. The van der Waals surface area contributed by atoms with E-state index < -0.39 is 10.0 Å². The molecule has 0 atom stereocenters. The largest absolute Gasteiger partial charge is 0.486 e. The van der Waals surface area contributed by atoms with E-state index in [2.05, 4.69) is 11.9 Å². The van der Waals surface area contributed by atoms with Crippen LogP contribution in [0.2, 0.25) is 0 Å². The quantitative estimate of drug-likeness (QED) is 0.815. The van der Waals surface area contributed by atoms with Gasteiger partial charge in [0.05, 0.1) is 24.2 Å². The summed E-state index contributed by atoms with van der Waals surface area (Å²) in [4.78, 5) is 4.32. The van der Waals surface area contributed by atoms with E-state index in [1.165, 1.54) is 4.31 Å². The van der Waals surface area contributed by atoms with E-state index in [4.69, 9.17) is 4.74 Å². The van der Waals surface area contributed by atoms with E-state index in [0.717, 1.165) is 18.4 Å². The first-order valence-electron chi connectivity index (χ1n) is 7.75. The van der Waals surface area contributed by atoms with Gasteiger partial charge >= 0.3 is 0 Å². The van der Waals surface area contributed by atoms with E-state index >= 15 is 0 Å². The first kappa shape index (κ1) is 16.0. The summed E-state index contributed by atoms with van der Waals surface area (Å²) in [5, 5.41) is 0.